The fraction of sp³-hybridized carbons (Fsp3) is 0.286. The second kappa shape index (κ2) is 7.80. The van der Waals surface area contributed by atoms with E-state index in [9.17, 15) is 18.8 Å². The molecule has 146 valence electrons. The first kappa shape index (κ1) is 19.5. The third kappa shape index (κ3) is 3.74. The molecule has 1 heterocycles. The summed E-state index contributed by atoms with van der Waals surface area (Å²) in [7, 11) is 1.29. The molecule has 0 spiro atoms. The Morgan fingerprint density at radius 3 is 2.64 bits per heavy atom. The van der Waals surface area contributed by atoms with E-state index in [1.54, 1.807) is 44.2 Å². The van der Waals surface area contributed by atoms with E-state index in [2.05, 4.69) is 5.32 Å². The van der Waals surface area contributed by atoms with E-state index >= 15 is 0 Å². The number of halogens is 1. The van der Waals surface area contributed by atoms with Crippen LogP contribution in [-0.2, 0) is 14.3 Å². The van der Waals surface area contributed by atoms with Crippen LogP contribution < -0.4 is 10.2 Å². The molecular formula is C21H21FN2O4. The topological polar surface area (TPSA) is 75.7 Å². The highest BCUT2D eigenvalue weighted by atomic mass is 19.1. The van der Waals surface area contributed by atoms with Gasteiger partial charge in [-0.15, -0.1) is 0 Å². The Balaban J connectivity index is 1.75. The van der Waals surface area contributed by atoms with E-state index in [0.717, 1.165) is 0 Å². The molecule has 1 saturated heterocycles. The van der Waals surface area contributed by atoms with Crippen molar-refractivity contribution in [1.29, 1.82) is 0 Å². The molecule has 1 atom stereocenters. The van der Waals surface area contributed by atoms with E-state index in [1.807, 2.05) is 0 Å². The Hall–Kier alpha value is -3.22. The number of carbonyl (C=O) groups excluding carboxylic acids is 3. The predicted octanol–water partition coefficient (Wildman–Crippen LogP) is 3.22. The third-order valence-electron chi connectivity index (χ3n) is 4.96. The van der Waals surface area contributed by atoms with Gasteiger partial charge in [0.05, 0.1) is 18.6 Å². The van der Waals surface area contributed by atoms with E-state index in [4.69, 9.17) is 4.74 Å². The molecular weight excluding hydrogens is 363 g/mol. The van der Waals surface area contributed by atoms with Crippen LogP contribution in [0.4, 0.5) is 15.8 Å². The molecule has 7 heteroatoms. The molecule has 6 nitrogen and oxygen atoms in total. The Morgan fingerprint density at radius 2 is 1.96 bits per heavy atom. The summed E-state index contributed by atoms with van der Waals surface area (Å²) in [5, 5.41) is 2.78. The first-order valence-electron chi connectivity index (χ1n) is 8.87. The molecule has 1 unspecified atom stereocenters. The van der Waals surface area contributed by atoms with Gasteiger partial charge in [-0.3, -0.25) is 9.59 Å². The van der Waals surface area contributed by atoms with Gasteiger partial charge in [-0.25, -0.2) is 9.18 Å². The normalized spacial score (nSPS) is 16.2. The van der Waals surface area contributed by atoms with Crippen molar-refractivity contribution >= 4 is 29.2 Å². The number of carbonyl (C=O) groups is 3. The van der Waals surface area contributed by atoms with Crippen molar-refractivity contribution in [2.75, 3.05) is 23.9 Å². The first-order valence-corrected chi connectivity index (χ1v) is 8.87. The van der Waals surface area contributed by atoms with Crippen LogP contribution in [0.2, 0.25) is 0 Å². The van der Waals surface area contributed by atoms with Gasteiger partial charge in [0.2, 0.25) is 11.8 Å². The van der Waals surface area contributed by atoms with E-state index in [0.29, 0.717) is 28.1 Å². The van der Waals surface area contributed by atoms with Crippen molar-refractivity contribution in [2.24, 2.45) is 5.92 Å². The highest BCUT2D eigenvalue weighted by Gasteiger charge is 2.35. The van der Waals surface area contributed by atoms with Crippen LogP contribution >= 0.6 is 0 Å². The standard InChI is InChI=1S/C21H21FN2O4/c1-12-7-8-15(10-17(12)22)24-11-14(9-19(24)25)20(26)23-18-6-4-5-16(13(18)2)21(27)28-3/h4-8,10,14H,9,11H2,1-3H3,(H,23,26). The molecule has 2 aromatic carbocycles. The summed E-state index contributed by atoms with van der Waals surface area (Å²) in [5.41, 5.74) is 2.36. The zero-order chi connectivity index (χ0) is 20.4. The van der Waals surface area contributed by atoms with Crippen LogP contribution in [0.3, 0.4) is 0 Å². The lowest BCUT2D eigenvalue weighted by molar-refractivity contribution is -0.122. The SMILES string of the molecule is COC(=O)c1cccc(NC(=O)C2CC(=O)N(c3ccc(C)c(F)c3)C2)c1C. The van der Waals surface area contributed by atoms with Crippen LogP contribution in [0.5, 0.6) is 0 Å². The van der Waals surface area contributed by atoms with Crippen LogP contribution in [0, 0.1) is 25.6 Å². The zero-order valence-corrected chi connectivity index (χ0v) is 15.9. The highest BCUT2D eigenvalue weighted by Crippen LogP contribution is 2.28. The summed E-state index contributed by atoms with van der Waals surface area (Å²) < 4.78 is 18.6. The number of nitrogens with zero attached hydrogens (tertiary/aromatic N) is 1. The average molecular weight is 384 g/mol. The van der Waals surface area contributed by atoms with Gasteiger partial charge < -0.3 is 15.0 Å². The summed E-state index contributed by atoms with van der Waals surface area (Å²) in [6.45, 7) is 3.53. The molecule has 28 heavy (non-hydrogen) atoms. The van der Waals surface area contributed by atoms with Crippen LogP contribution in [0.25, 0.3) is 0 Å². The molecule has 3 rings (SSSR count). The molecule has 0 radical (unpaired) electrons. The second-order valence-electron chi connectivity index (χ2n) is 6.80. The van der Waals surface area contributed by atoms with Gasteiger partial charge in [-0.2, -0.15) is 0 Å². The summed E-state index contributed by atoms with van der Waals surface area (Å²) in [6.07, 6.45) is 0.0388. The highest BCUT2D eigenvalue weighted by molar-refractivity contribution is 6.04. The maximum atomic E-state index is 13.8. The van der Waals surface area contributed by atoms with Crippen molar-refractivity contribution in [1.82, 2.24) is 0 Å². The Bertz CT molecular complexity index is 957. The van der Waals surface area contributed by atoms with Crippen molar-refractivity contribution in [3.8, 4) is 0 Å². The van der Waals surface area contributed by atoms with E-state index < -0.39 is 17.7 Å². The van der Waals surface area contributed by atoms with Gasteiger partial charge >= 0.3 is 5.97 Å². The van der Waals surface area contributed by atoms with Gasteiger partial charge in [0.15, 0.2) is 0 Å². The number of benzene rings is 2. The molecule has 0 bridgehead atoms. The van der Waals surface area contributed by atoms with Crippen molar-refractivity contribution in [3.05, 3.63) is 58.9 Å². The van der Waals surface area contributed by atoms with Crippen LogP contribution in [0.15, 0.2) is 36.4 Å². The minimum atomic E-state index is -0.571. The third-order valence-corrected chi connectivity index (χ3v) is 4.96. The van der Waals surface area contributed by atoms with E-state index in [-0.39, 0.29) is 24.8 Å². The molecule has 0 aliphatic carbocycles. The summed E-state index contributed by atoms with van der Waals surface area (Å²) in [4.78, 5) is 38.3. The average Bonchev–Trinajstić information content (AvgIpc) is 3.07. The monoisotopic (exact) mass is 384 g/mol. The predicted molar refractivity (Wildman–Crippen MR) is 103 cm³/mol. The number of nitrogens with one attached hydrogen (secondary N) is 1. The molecule has 2 amide bonds. The molecule has 2 aromatic rings. The molecule has 1 fully saturated rings. The molecule has 0 aromatic heterocycles. The van der Waals surface area contributed by atoms with Gasteiger partial charge in [0.1, 0.15) is 5.82 Å². The summed E-state index contributed by atoms with van der Waals surface area (Å²) >= 11 is 0. The van der Waals surface area contributed by atoms with Gasteiger partial charge in [-0.1, -0.05) is 12.1 Å². The van der Waals surface area contributed by atoms with Crippen molar-refractivity contribution < 1.29 is 23.5 Å². The maximum Gasteiger partial charge on any atom is 0.338 e. The first-order chi connectivity index (χ1) is 13.3. The van der Waals surface area contributed by atoms with Gasteiger partial charge in [0.25, 0.3) is 0 Å². The second-order valence-corrected chi connectivity index (χ2v) is 6.80. The largest absolute Gasteiger partial charge is 0.465 e. The summed E-state index contributed by atoms with van der Waals surface area (Å²) in [6, 6.07) is 9.52. The number of ether oxygens (including phenoxy) is 1. The lowest BCUT2D eigenvalue weighted by Gasteiger charge is -2.18. The lowest BCUT2D eigenvalue weighted by atomic mass is 10.0. The van der Waals surface area contributed by atoms with Gasteiger partial charge in [-0.05, 0) is 49.2 Å². The van der Waals surface area contributed by atoms with Crippen molar-refractivity contribution in [2.45, 2.75) is 20.3 Å². The fourth-order valence-corrected chi connectivity index (χ4v) is 3.22. The van der Waals surface area contributed by atoms with Crippen LogP contribution in [0.1, 0.15) is 27.9 Å². The number of aryl methyl sites for hydroxylation is 1. The number of hydrogen-bond donors (Lipinski definition) is 1. The Morgan fingerprint density at radius 1 is 1.21 bits per heavy atom. The smallest absolute Gasteiger partial charge is 0.338 e. The fourth-order valence-electron chi connectivity index (χ4n) is 3.22. The molecule has 1 aliphatic heterocycles. The molecule has 1 aliphatic rings. The van der Waals surface area contributed by atoms with E-state index in [1.165, 1.54) is 18.1 Å². The number of amides is 2. The minimum Gasteiger partial charge on any atom is -0.465 e. The molecule has 0 saturated carbocycles. The molecule has 1 N–H and O–H groups in total. The van der Waals surface area contributed by atoms with Gasteiger partial charge in [0, 0.05) is 24.3 Å². The number of rotatable bonds is 4. The lowest BCUT2D eigenvalue weighted by Crippen LogP contribution is -2.28. The Kier molecular flexibility index (Phi) is 5.44. The maximum absolute atomic E-state index is 13.8. The number of anilines is 2. The number of hydrogen-bond acceptors (Lipinski definition) is 4. The number of esters is 1. The summed E-state index contributed by atoms with van der Waals surface area (Å²) in [5.74, 6) is -2.01. The minimum absolute atomic E-state index is 0.0388. The zero-order valence-electron chi connectivity index (χ0n) is 15.9. The Labute approximate surface area is 162 Å². The van der Waals surface area contributed by atoms with Crippen LogP contribution in [-0.4, -0.2) is 31.4 Å². The van der Waals surface area contributed by atoms with Crippen molar-refractivity contribution in [3.63, 3.8) is 0 Å². The quantitative estimate of drug-likeness (QED) is 0.822. The number of methoxy groups -OCH3 is 1.